The summed E-state index contributed by atoms with van der Waals surface area (Å²) in [5, 5.41) is 0. The number of ether oxygens (including phenoxy) is 2. The molecule has 0 aliphatic carbocycles. The van der Waals surface area contributed by atoms with E-state index in [1.165, 1.54) is 5.56 Å². The Bertz CT molecular complexity index is 688. The smallest absolute Gasteiger partial charge is 0.138 e. The number of fused-ring (bicyclic) bond motifs is 1. The molecule has 1 aliphatic rings. The van der Waals surface area contributed by atoms with Crippen LogP contribution in [-0.2, 0) is 0 Å². The molecular formula is C17H16N2O2. The van der Waals surface area contributed by atoms with E-state index < -0.39 is 0 Å². The summed E-state index contributed by atoms with van der Waals surface area (Å²) in [7, 11) is 0. The first-order chi connectivity index (χ1) is 10.4. The van der Waals surface area contributed by atoms with Gasteiger partial charge < -0.3 is 15.2 Å². The molecule has 3 rings (SSSR count). The molecule has 0 bridgehead atoms. The second-order valence-electron chi connectivity index (χ2n) is 4.77. The van der Waals surface area contributed by atoms with Crippen LogP contribution in [0.1, 0.15) is 17.0 Å². The number of rotatable bonds is 3. The maximum absolute atomic E-state index is 5.83. The summed E-state index contributed by atoms with van der Waals surface area (Å²) in [5.74, 6) is 7.66. The van der Waals surface area contributed by atoms with E-state index in [0.717, 1.165) is 11.3 Å². The van der Waals surface area contributed by atoms with Crippen molar-refractivity contribution in [3.8, 4) is 23.3 Å². The highest BCUT2D eigenvalue weighted by atomic mass is 16.5. The Hall–Kier alpha value is -2.51. The minimum Gasteiger partial charge on any atom is -0.493 e. The number of nitrogens with two attached hydrogens (primary N) is 1. The molecule has 2 aromatic rings. The quantitative estimate of drug-likeness (QED) is 0.873. The fourth-order valence-corrected chi connectivity index (χ4v) is 2.28. The zero-order valence-electron chi connectivity index (χ0n) is 11.6. The molecule has 0 spiro atoms. The summed E-state index contributed by atoms with van der Waals surface area (Å²) in [6.07, 6.45) is 3.39. The van der Waals surface area contributed by atoms with E-state index in [0.29, 0.717) is 25.5 Å². The van der Waals surface area contributed by atoms with Crippen molar-refractivity contribution in [2.75, 3.05) is 19.8 Å². The molecule has 1 aliphatic heterocycles. The Morgan fingerprint density at radius 3 is 3.14 bits per heavy atom. The number of pyridine rings is 1. The van der Waals surface area contributed by atoms with E-state index >= 15 is 0 Å². The fraction of sp³-hybridized carbons (Fsp3) is 0.235. The molecule has 2 N–H and O–H groups in total. The minimum atomic E-state index is 0.250. The highest BCUT2D eigenvalue weighted by molar-refractivity contribution is 5.40. The van der Waals surface area contributed by atoms with Crippen LogP contribution < -0.4 is 15.2 Å². The minimum absolute atomic E-state index is 0.250. The molecule has 1 unspecified atom stereocenters. The van der Waals surface area contributed by atoms with Crippen LogP contribution in [0.2, 0.25) is 0 Å². The molecule has 0 radical (unpaired) electrons. The second kappa shape index (κ2) is 6.29. The van der Waals surface area contributed by atoms with Crippen LogP contribution in [-0.4, -0.2) is 24.7 Å². The highest BCUT2D eigenvalue weighted by Crippen LogP contribution is 2.33. The van der Waals surface area contributed by atoms with Crippen molar-refractivity contribution in [1.82, 2.24) is 4.98 Å². The number of para-hydroxylation sites is 1. The Balaban J connectivity index is 1.66. The summed E-state index contributed by atoms with van der Waals surface area (Å²) < 4.78 is 11.5. The number of hydrogen-bond acceptors (Lipinski definition) is 4. The van der Waals surface area contributed by atoms with E-state index in [4.69, 9.17) is 15.2 Å². The molecule has 0 saturated heterocycles. The number of aromatic nitrogens is 1. The number of hydrogen-bond donors (Lipinski definition) is 1. The maximum Gasteiger partial charge on any atom is 0.138 e. The van der Waals surface area contributed by atoms with E-state index in [1.54, 1.807) is 12.4 Å². The fourth-order valence-electron chi connectivity index (χ4n) is 2.28. The lowest BCUT2D eigenvalue weighted by atomic mass is 10.0. The SMILES string of the molecule is NCC#Cc1cncc(OCC2COc3ccccc32)c1. The predicted molar refractivity (Wildman–Crippen MR) is 80.3 cm³/mol. The van der Waals surface area contributed by atoms with Gasteiger partial charge in [-0.3, -0.25) is 4.98 Å². The van der Waals surface area contributed by atoms with Crippen molar-refractivity contribution >= 4 is 0 Å². The van der Waals surface area contributed by atoms with Crippen molar-refractivity contribution in [3.05, 3.63) is 53.9 Å². The Kier molecular flexibility index (Phi) is 4.04. The van der Waals surface area contributed by atoms with Gasteiger partial charge in [-0.1, -0.05) is 30.0 Å². The summed E-state index contributed by atoms with van der Waals surface area (Å²) in [4.78, 5) is 4.13. The van der Waals surface area contributed by atoms with Gasteiger partial charge in [0.25, 0.3) is 0 Å². The first kappa shape index (κ1) is 13.5. The van der Waals surface area contributed by atoms with Crippen molar-refractivity contribution in [3.63, 3.8) is 0 Å². The molecule has 2 heterocycles. The molecule has 1 aromatic carbocycles. The lowest BCUT2D eigenvalue weighted by Gasteiger charge is -2.11. The number of nitrogens with zero attached hydrogens (tertiary/aromatic N) is 1. The number of benzene rings is 1. The van der Waals surface area contributed by atoms with Gasteiger partial charge in [0.2, 0.25) is 0 Å². The molecular weight excluding hydrogens is 264 g/mol. The van der Waals surface area contributed by atoms with Crippen LogP contribution in [0.4, 0.5) is 0 Å². The van der Waals surface area contributed by atoms with Gasteiger partial charge in [-0.25, -0.2) is 0 Å². The Morgan fingerprint density at radius 2 is 2.24 bits per heavy atom. The van der Waals surface area contributed by atoms with Gasteiger partial charge in [0.15, 0.2) is 0 Å². The van der Waals surface area contributed by atoms with Crippen LogP contribution >= 0.6 is 0 Å². The van der Waals surface area contributed by atoms with Crippen LogP contribution in [0.25, 0.3) is 0 Å². The highest BCUT2D eigenvalue weighted by Gasteiger charge is 2.24. The van der Waals surface area contributed by atoms with Crippen molar-refractivity contribution in [2.45, 2.75) is 5.92 Å². The Labute approximate surface area is 123 Å². The van der Waals surface area contributed by atoms with E-state index in [-0.39, 0.29) is 5.92 Å². The van der Waals surface area contributed by atoms with Crippen molar-refractivity contribution in [2.24, 2.45) is 5.73 Å². The predicted octanol–water partition coefficient (Wildman–Crippen LogP) is 1.95. The molecule has 4 nitrogen and oxygen atoms in total. The zero-order valence-corrected chi connectivity index (χ0v) is 11.6. The van der Waals surface area contributed by atoms with Gasteiger partial charge in [-0.05, 0) is 12.1 Å². The average Bonchev–Trinajstić information content (AvgIpc) is 2.95. The molecule has 0 fully saturated rings. The molecule has 21 heavy (non-hydrogen) atoms. The normalized spacial score (nSPS) is 15.6. The third-order valence-corrected chi connectivity index (χ3v) is 3.30. The summed E-state index contributed by atoms with van der Waals surface area (Å²) in [5.41, 5.74) is 7.37. The third kappa shape index (κ3) is 3.15. The monoisotopic (exact) mass is 280 g/mol. The van der Waals surface area contributed by atoms with Crippen LogP contribution in [0.15, 0.2) is 42.7 Å². The van der Waals surface area contributed by atoms with E-state index in [2.05, 4.69) is 22.9 Å². The first-order valence-electron chi connectivity index (χ1n) is 6.85. The van der Waals surface area contributed by atoms with Crippen molar-refractivity contribution in [1.29, 1.82) is 0 Å². The molecule has 4 heteroatoms. The largest absolute Gasteiger partial charge is 0.493 e. The lowest BCUT2D eigenvalue weighted by Crippen LogP contribution is -2.11. The molecule has 106 valence electrons. The topological polar surface area (TPSA) is 57.4 Å². The van der Waals surface area contributed by atoms with E-state index in [9.17, 15) is 0 Å². The van der Waals surface area contributed by atoms with Gasteiger partial charge in [0.1, 0.15) is 11.5 Å². The molecule has 0 saturated carbocycles. The average molecular weight is 280 g/mol. The van der Waals surface area contributed by atoms with Crippen molar-refractivity contribution < 1.29 is 9.47 Å². The first-order valence-corrected chi connectivity index (χ1v) is 6.85. The zero-order chi connectivity index (χ0) is 14.5. The summed E-state index contributed by atoms with van der Waals surface area (Å²) in [6.45, 7) is 1.55. The van der Waals surface area contributed by atoms with Gasteiger partial charge in [-0.2, -0.15) is 0 Å². The van der Waals surface area contributed by atoms with Gasteiger partial charge in [0.05, 0.1) is 31.9 Å². The third-order valence-electron chi connectivity index (χ3n) is 3.30. The summed E-state index contributed by atoms with van der Waals surface area (Å²) in [6, 6.07) is 9.94. The van der Waals surface area contributed by atoms with Gasteiger partial charge >= 0.3 is 0 Å². The van der Waals surface area contributed by atoms with Gasteiger partial charge in [0, 0.05) is 17.3 Å². The summed E-state index contributed by atoms with van der Waals surface area (Å²) >= 11 is 0. The molecule has 1 atom stereocenters. The molecule has 1 aromatic heterocycles. The standard InChI is InChI=1S/C17H16N2O2/c18-7-3-4-13-8-15(10-19-9-13)20-11-14-12-21-17-6-2-1-5-16(14)17/h1-2,5-6,8-10,14H,7,11-12,18H2. The van der Waals surface area contributed by atoms with E-state index in [1.807, 2.05) is 24.3 Å². The van der Waals surface area contributed by atoms with Crippen LogP contribution in [0.3, 0.4) is 0 Å². The van der Waals surface area contributed by atoms with Gasteiger partial charge in [-0.15, -0.1) is 0 Å². The molecule has 0 amide bonds. The maximum atomic E-state index is 5.83. The lowest BCUT2D eigenvalue weighted by molar-refractivity contribution is 0.248. The second-order valence-corrected chi connectivity index (χ2v) is 4.77. The Morgan fingerprint density at radius 1 is 1.33 bits per heavy atom. The van der Waals surface area contributed by atoms with Crippen LogP contribution in [0.5, 0.6) is 11.5 Å². The van der Waals surface area contributed by atoms with Crippen LogP contribution in [0, 0.1) is 11.8 Å².